The van der Waals surface area contributed by atoms with E-state index in [1.54, 1.807) is 12.1 Å². The molecule has 1 aromatic rings. The van der Waals surface area contributed by atoms with Crippen LogP contribution in [0.25, 0.3) is 0 Å². The van der Waals surface area contributed by atoms with Gasteiger partial charge in [-0.2, -0.15) is 0 Å². The first-order valence-corrected chi connectivity index (χ1v) is 5.07. The van der Waals surface area contributed by atoms with Crippen molar-refractivity contribution >= 4 is 17.6 Å². The molecule has 0 spiro atoms. The van der Waals surface area contributed by atoms with E-state index in [9.17, 15) is 9.90 Å². The van der Waals surface area contributed by atoms with E-state index in [-0.39, 0.29) is 6.42 Å². The highest BCUT2D eigenvalue weighted by molar-refractivity contribution is 6.31. The van der Waals surface area contributed by atoms with Crippen LogP contribution in [0, 0.1) is 6.92 Å². The van der Waals surface area contributed by atoms with E-state index in [4.69, 9.17) is 21.4 Å². The Morgan fingerprint density at radius 3 is 2.69 bits per heavy atom. The molecule has 1 unspecified atom stereocenters. The number of carboxylic acid groups (broad SMARTS) is 1. The van der Waals surface area contributed by atoms with Crippen molar-refractivity contribution in [3.05, 3.63) is 28.3 Å². The number of carbonyl (C=O) groups is 1. The number of halogens is 1. The molecule has 0 radical (unpaired) electrons. The number of aliphatic hydroxyl groups is 1. The fourth-order valence-electron chi connectivity index (χ4n) is 1.34. The number of hydrogen-bond donors (Lipinski definition) is 2. The lowest BCUT2D eigenvalue weighted by atomic mass is 10.0. The van der Waals surface area contributed by atoms with Crippen molar-refractivity contribution in [3.63, 3.8) is 0 Å². The average Bonchev–Trinajstić information content (AvgIpc) is 2.22. The van der Waals surface area contributed by atoms with Crippen LogP contribution in [0.15, 0.2) is 12.1 Å². The summed E-state index contributed by atoms with van der Waals surface area (Å²) in [6.07, 6.45) is -1.48. The van der Waals surface area contributed by atoms with Crippen LogP contribution >= 0.6 is 11.6 Å². The number of benzene rings is 1. The zero-order valence-electron chi connectivity index (χ0n) is 9.03. The quantitative estimate of drug-likeness (QED) is 0.845. The van der Waals surface area contributed by atoms with Crippen molar-refractivity contribution in [2.45, 2.75) is 19.4 Å². The van der Waals surface area contributed by atoms with Crippen LogP contribution in [0.4, 0.5) is 0 Å². The Morgan fingerprint density at radius 2 is 2.19 bits per heavy atom. The zero-order valence-corrected chi connectivity index (χ0v) is 9.78. The van der Waals surface area contributed by atoms with Crippen molar-refractivity contribution < 1.29 is 19.7 Å². The van der Waals surface area contributed by atoms with Crippen LogP contribution in [0.2, 0.25) is 5.02 Å². The van der Waals surface area contributed by atoms with E-state index in [1.807, 2.05) is 6.92 Å². The molecule has 88 valence electrons. The van der Waals surface area contributed by atoms with Crippen molar-refractivity contribution in [2.24, 2.45) is 0 Å². The maximum atomic E-state index is 10.5. The molecule has 0 saturated heterocycles. The highest BCUT2D eigenvalue weighted by atomic mass is 35.5. The van der Waals surface area contributed by atoms with Crippen LogP contribution in [0.3, 0.4) is 0 Å². The normalized spacial score (nSPS) is 12.2. The van der Waals surface area contributed by atoms with Gasteiger partial charge in [0.15, 0.2) is 6.10 Å². The maximum Gasteiger partial charge on any atom is 0.332 e. The van der Waals surface area contributed by atoms with Gasteiger partial charge in [-0.05, 0) is 30.2 Å². The van der Waals surface area contributed by atoms with Crippen molar-refractivity contribution in [2.75, 3.05) is 7.11 Å². The minimum atomic E-state index is -1.45. The number of hydrogen-bond acceptors (Lipinski definition) is 3. The lowest BCUT2D eigenvalue weighted by Crippen LogP contribution is -2.22. The zero-order chi connectivity index (χ0) is 12.3. The molecule has 1 atom stereocenters. The number of methoxy groups -OCH3 is 1. The lowest BCUT2D eigenvalue weighted by Gasteiger charge is -2.12. The Labute approximate surface area is 98.4 Å². The Bertz CT molecular complexity index is 403. The van der Waals surface area contributed by atoms with Crippen LogP contribution in [-0.4, -0.2) is 29.4 Å². The summed E-state index contributed by atoms with van der Waals surface area (Å²) in [4.78, 5) is 10.5. The van der Waals surface area contributed by atoms with Gasteiger partial charge in [0.2, 0.25) is 0 Å². The Kier molecular flexibility index (Phi) is 4.15. The first-order chi connectivity index (χ1) is 7.45. The minimum Gasteiger partial charge on any atom is -0.496 e. The number of aryl methyl sites for hydroxylation is 1. The molecule has 0 aromatic heterocycles. The standard InChI is InChI=1S/C11H13ClO4/c1-6-3-10(16-2)7(4-8(6)12)5-9(13)11(14)15/h3-4,9,13H,5H2,1-2H3,(H,14,15). The highest BCUT2D eigenvalue weighted by Gasteiger charge is 2.17. The summed E-state index contributed by atoms with van der Waals surface area (Å²) in [5.41, 5.74) is 1.42. The van der Waals surface area contributed by atoms with Crippen LogP contribution < -0.4 is 4.74 Å². The van der Waals surface area contributed by atoms with Gasteiger partial charge in [0, 0.05) is 11.4 Å². The molecule has 2 N–H and O–H groups in total. The second-order valence-electron chi connectivity index (χ2n) is 3.47. The monoisotopic (exact) mass is 244 g/mol. The summed E-state index contributed by atoms with van der Waals surface area (Å²) in [5.74, 6) is -0.735. The number of rotatable bonds is 4. The summed E-state index contributed by atoms with van der Waals surface area (Å²) >= 11 is 5.92. The van der Waals surface area contributed by atoms with E-state index in [1.165, 1.54) is 7.11 Å². The molecule has 5 heteroatoms. The van der Waals surface area contributed by atoms with E-state index < -0.39 is 12.1 Å². The van der Waals surface area contributed by atoms with Gasteiger partial charge in [-0.3, -0.25) is 0 Å². The van der Waals surface area contributed by atoms with E-state index in [0.717, 1.165) is 5.56 Å². The number of carboxylic acids is 1. The fraction of sp³-hybridized carbons (Fsp3) is 0.364. The predicted octanol–water partition coefficient (Wildman–Crippen LogP) is 1.65. The van der Waals surface area contributed by atoms with Crippen molar-refractivity contribution in [1.82, 2.24) is 0 Å². The smallest absolute Gasteiger partial charge is 0.332 e. The molecule has 0 saturated carbocycles. The number of aliphatic carboxylic acids is 1. The third-order valence-corrected chi connectivity index (χ3v) is 2.67. The van der Waals surface area contributed by atoms with Crippen LogP contribution in [-0.2, 0) is 11.2 Å². The third kappa shape index (κ3) is 2.87. The third-order valence-electron chi connectivity index (χ3n) is 2.26. The van der Waals surface area contributed by atoms with E-state index in [2.05, 4.69) is 0 Å². The fourth-order valence-corrected chi connectivity index (χ4v) is 1.53. The summed E-state index contributed by atoms with van der Waals surface area (Å²) in [7, 11) is 1.49. The van der Waals surface area contributed by atoms with E-state index in [0.29, 0.717) is 16.3 Å². The molecule has 0 heterocycles. The largest absolute Gasteiger partial charge is 0.496 e. The van der Waals surface area contributed by atoms with Gasteiger partial charge in [-0.15, -0.1) is 0 Å². The van der Waals surface area contributed by atoms with Gasteiger partial charge in [-0.1, -0.05) is 11.6 Å². The summed E-state index contributed by atoms with van der Waals surface area (Å²) < 4.78 is 5.10. The molecule has 1 aromatic carbocycles. The van der Waals surface area contributed by atoms with Gasteiger partial charge in [0.1, 0.15) is 5.75 Å². The molecule has 16 heavy (non-hydrogen) atoms. The maximum absolute atomic E-state index is 10.5. The van der Waals surface area contributed by atoms with Gasteiger partial charge in [0.25, 0.3) is 0 Å². The first kappa shape index (κ1) is 12.8. The van der Waals surface area contributed by atoms with Gasteiger partial charge < -0.3 is 14.9 Å². The SMILES string of the molecule is COc1cc(C)c(Cl)cc1CC(O)C(=O)O. The molecule has 4 nitrogen and oxygen atoms in total. The Morgan fingerprint density at radius 1 is 1.56 bits per heavy atom. The molecular formula is C11H13ClO4. The highest BCUT2D eigenvalue weighted by Crippen LogP contribution is 2.27. The molecule has 0 aliphatic heterocycles. The molecule has 0 aliphatic rings. The topological polar surface area (TPSA) is 66.8 Å². The minimum absolute atomic E-state index is 0.0293. The van der Waals surface area contributed by atoms with Gasteiger partial charge in [-0.25, -0.2) is 4.79 Å². The first-order valence-electron chi connectivity index (χ1n) is 4.69. The molecule has 1 rings (SSSR count). The molecular weight excluding hydrogens is 232 g/mol. The van der Waals surface area contributed by atoms with Gasteiger partial charge in [0.05, 0.1) is 7.11 Å². The molecule has 0 bridgehead atoms. The summed E-state index contributed by atoms with van der Waals surface area (Å²) in [6, 6.07) is 3.33. The number of aliphatic hydroxyl groups excluding tert-OH is 1. The summed E-state index contributed by atoms with van der Waals surface area (Å²) in [5, 5.41) is 18.4. The second kappa shape index (κ2) is 5.18. The summed E-state index contributed by atoms with van der Waals surface area (Å²) in [6.45, 7) is 1.82. The molecule has 0 aliphatic carbocycles. The van der Waals surface area contributed by atoms with Crippen molar-refractivity contribution in [1.29, 1.82) is 0 Å². The number of ether oxygens (including phenoxy) is 1. The van der Waals surface area contributed by atoms with E-state index >= 15 is 0 Å². The lowest BCUT2D eigenvalue weighted by molar-refractivity contribution is -0.146. The van der Waals surface area contributed by atoms with Gasteiger partial charge >= 0.3 is 5.97 Å². The Balaban J connectivity index is 3.03. The molecule has 0 amide bonds. The average molecular weight is 245 g/mol. The van der Waals surface area contributed by atoms with Crippen molar-refractivity contribution in [3.8, 4) is 5.75 Å². The van der Waals surface area contributed by atoms with Crippen LogP contribution in [0.1, 0.15) is 11.1 Å². The Hall–Kier alpha value is -1.26. The second-order valence-corrected chi connectivity index (χ2v) is 3.88. The molecule has 0 fully saturated rings. The predicted molar refractivity (Wildman–Crippen MR) is 60.1 cm³/mol. The van der Waals surface area contributed by atoms with Crippen LogP contribution in [0.5, 0.6) is 5.75 Å².